The van der Waals surface area contributed by atoms with Gasteiger partial charge in [-0.3, -0.25) is 0 Å². The molecule has 1 rings (SSSR count). The van der Waals surface area contributed by atoms with Gasteiger partial charge < -0.3 is 9.76 Å². The molecular weight excluding hydrogens is 332 g/mol. The monoisotopic (exact) mass is 337 g/mol. The molecule has 0 aromatic carbocycles. The number of hydrogen-bond acceptors (Lipinski definition) is 4. The van der Waals surface area contributed by atoms with Crippen molar-refractivity contribution in [3.8, 4) is 0 Å². The zero-order valence-electron chi connectivity index (χ0n) is 9.26. The molecule has 5 nitrogen and oxygen atoms in total. The van der Waals surface area contributed by atoms with Gasteiger partial charge >= 0.3 is 24.3 Å². The topological polar surface area (TPSA) is 52.9 Å². The predicted molar refractivity (Wildman–Crippen MR) is 46.1 cm³/mol. The lowest BCUT2D eigenvalue weighted by atomic mass is 10.3. The van der Waals surface area contributed by atoms with Gasteiger partial charge in [-0.05, 0) is 0 Å². The highest BCUT2D eigenvalue weighted by molar-refractivity contribution is 7.80. The van der Waals surface area contributed by atoms with E-state index < -0.39 is 46.2 Å². The van der Waals surface area contributed by atoms with E-state index in [1.807, 2.05) is 0 Å². The maximum Gasteiger partial charge on any atom is 0.439 e. The van der Waals surface area contributed by atoms with Gasteiger partial charge in [0.15, 0.2) is 11.1 Å². The van der Waals surface area contributed by atoms with E-state index in [9.17, 15) is 39.3 Å². The molecule has 14 heteroatoms. The fraction of sp³-hybridized carbons (Fsp3) is 1.00. The van der Waals surface area contributed by atoms with Gasteiger partial charge in [0.1, 0.15) is 5.88 Å². The lowest BCUT2D eigenvalue weighted by Crippen LogP contribution is -2.74. The molecule has 1 aliphatic rings. The average molecular weight is 337 g/mol. The molecule has 0 radical (unpaired) electrons. The van der Waals surface area contributed by atoms with Crippen LogP contribution in [0.4, 0.5) is 35.1 Å². The van der Waals surface area contributed by atoms with Crippen LogP contribution in [-0.2, 0) is 20.1 Å². The molecule has 1 saturated heterocycles. The quantitative estimate of drug-likeness (QED) is 0.449. The van der Waals surface area contributed by atoms with Crippen molar-refractivity contribution in [2.24, 2.45) is 0 Å². The molecule has 0 saturated carbocycles. The zero-order valence-corrected chi connectivity index (χ0v) is 10.1. The summed E-state index contributed by atoms with van der Waals surface area (Å²) in [6, 6.07) is -11.7. The molecular formula is C6H5F8N2O3S-. The fourth-order valence-corrected chi connectivity index (χ4v) is 1.90. The number of morpholine rings is 1. The van der Waals surface area contributed by atoms with E-state index in [0.29, 0.717) is 0 Å². The minimum atomic E-state index is -5.94. The van der Waals surface area contributed by atoms with E-state index in [-0.39, 0.29) is 0 Å². The van der Waals surface area contributed by atoms with Gasteiger partial charge in [0.05, 0.1) is 0 Å². The Labute approximate surface area is 108 Å². The first kappa shape index (κ1) is 17.5. The Morgan fingerprint density at radius 1 is 1.05 bits per heavy atom. The third-order valence-electron chi connectivity index (χ3n) is 2.03. The lowest BCUT2D eigenvalue weighted by Gasteiger charge is -2.46. The summed E-state index contributed by atoms with van der Waals surface area (Å²) in [6.07, 6.45) is -11.9. The molecule has 1 aliphatic heterocycles. The molecule has 0 spiro atoms. The molecule has 1 atom stereocenters. The summed E-state index contributed by atoms with van der Waals surface area (Å²) >= 11 is -3.10. The minimum absolute atomic E-state index is 0.816. The first-order valence-corrected chi connectivity index (χ1v) is 5.68. The predicted octanol–water partition coefficient (Wildman–Crippen LogP) is 2.25. The van der Waals surface area contributed by atoms with Gasteiger partial charge in [0.2, 0.25) is 0 Å². The molecule has 120 valence electrons. The lowest BCUT2D eigenvalue weighted by molar-refractivity contribution is -0.560. The standard InChI is InChI=1S/C6H5F8N2O3S/c1-15-19-20(17)2-16-3(7,8)5(11,12)18-6(13,14)4(16,9)10/h2H2,1H3/q-1. The van der Waals surface area contributed by atoms with E-state index in [1.165, 1.54) is 0 Å². The molecule has 1 fully saturated rings. The van der Waals surface area contributed by atoms with Gasteiger partial charge in [0.25, 0.3) is 0 Å². The van der Waals surface area contributed by atoms with Crippen LogP contribution in [0.3, 0.4) is 0 Å². The molecule has 20 heavy (non-hydrogen) atoms. The molecule has 0 aliphatic carbocycles. The average Bonchev–Trinajstić information content (AvgIpc) is 2.22. The number of halogens is 8. The first-order chi connectivity index (χ1) is 8.79. The van der Waals surface area contributed by atoms with E-state index in [2.05, 4.69) is 14.5 Å². The highest BCUT2D eigenvalue weighted by Crippen LogP contribution is 2.55. The van der Waals surface area contributed by atoms with Gasteiger partial charge in [-0.25, -0.2) is 8.95 Å². The van der Waals surface area contributed by atoms with Crippen LogP contribution in [0.1, 0.15) is 0 Å². The number of rotatable bonds is 4. The summed E-state index contributed by atoms with van der Waals surface area (Å²) in [4.78, 5) is -1.95. The minimum Gasteiger partial charge on any atom is -0.521 e. The third-order valence-corrected chi connectivity index (χ3v) is 2.81. The highest BCUT2D eigenvalue weighted by Gasteiger charge is 2.82. The Morgan fingerprint density at radius 3 is 1.80 bits per heavy atom. The van der Waals surface area contributed by atoms with Crippen molar-refractivity contribution < 1.29 is 48.4 Å². The van der Waals surface area contributed by atoms with Crippen LogP contribution in [-0.4, -0.2) is 46.3 Å². The fourth-order valence-electron chi connectivity index (χ4n) is 1.15. The van der Waals surface area contributed by atoms with Crippen molar-refractivity contribution in [3.05, 3.63) is 5.48 Å². The Balaban J connectivity index is 3.21. The number of alkyl halides is 8. The highest BCUT2D eigenvalue weighted by atomic mass is 32.2. The third kappa shape index (κ3) is 2.61. The van der Waals surface area contributed by atoms with Crippen LogP contribution in [0.25, 0.3) is 5.48 Å². The maximum atomic E-state index is 13.1. The van der Waals surface area contributed by atoms with Crippen LogP contribution in [0, 0.1) is 0 Å². The van der Waals surface area contributed by atoms with E-state index in [4.69, 9.17) is 0 Å². The molecule has 0 amide bonds. The number of ether oxygens (including phenoxy) is 1. The summed E-state index contributed by atoms with van der Waals surface area (Å²) in [5.74, 6) is -2.16. The van der Waals surface area contributed by atoms with Gasteiger partial charge in [-0.1, -0.05) is 0 Å². The van der Waals surface area contributed by atoms with Crippen molar-refractivity contribution in [1.82, 2.24) is 4.90 Å². The van der Waals surface area contributed by atoms with Crippen molar-refractivity contribution in [2.75, 3.05) is 12.9 Å². The van der Waals surface area contributed by atoms with Crippen LogP contribution in [0.15, 0.2) is 0 Å². The SMILES string of the molecule is C[N-]OS(=O)CN1C(F)(F)C(F)(F)OC(F)(F)C1(F)F. The van der Waals surface area contributed by atoms with E-state index in [1.54, 1.807) is 0 Å². The second-order valence-corrected chi connectivity index (χ2v) is 4.35. The smallest absolute Gasteiger partial charge is 0.439 e. The van der Waals surface area contributed by atoms with Crippen LogP contribution in [0.2, 0.25) is 0 Å². The van der Waals surface area contributed by atoms with Crippen molar-refractivity contribution >= 4 is 11.1 Å². The second kappa shape index (κ2) is 5.01. The van der Waals surface area contributed by atoms with Crippen LogP contribution >= 0.6 is 0 Å². The molecule has 1 unspecified atom stereocenters. The van der Waals surface area contributed by atoms with Gasteiger partial charge in [-0.2, -0.15) is 40.0 Å². The van der Waals surface area contributed by atoms with Crippen molar-refractivity contribution in [3.63, 3.8) is 0 Å². The second-order valence-electron chi connectivity index (χ2n) is 3.34. The molecule has 1 heterocycles. The molecule has 0 aromatic heterocycles. The summed E-state index contributed by atoms with van der Waals surface area (Å²) < 4.78 is 120. The van der Waals surface area contributed by atoms with Crippen LogP contribution in [0.5, 0.6) is 0 Å². The summed E-state index contributed by atoms with van der Waals surface area (Å²) in [7, 11) is 0.816. The van der Waals surface area contributed by atoms with Crippen LogP contribution < -0.4 is 0 Å². The van der Waals surface area contributed by atoms with Crippen molar-refractivity contribution in [2.45, 2.75) is 24.3 Å². The number of nitrogens with zero attached hydrogens (tertiary/aromatic N) is 2. The largest absolute Gasteiger partial charge is 0.521 e. The Bertz CT molecular complexity index is 380. The molecule has 0 N–H and O–H groups in total. The zero-order chi connectivity index (χ0) is 16.0. The maximum absolute atomic E-state index is 13.1. The Kier molecular flexibility index (Phi) is 4.38. The Hall–Kier alpha value is -0.570. The van der Waals surface area contributed by atoms with Gasteiger partial charge in [0, 0.05) is 0 Å². The normalized spacial score (nSPS) is 29.1. The first-order valence-electron chi connectivity index (χ1n) is 4.44. The Morgan fingerprint density at radius 2 is 1.45 bits per heavy atom. The number of hydrogen-bond donors (Lipinski definition) is 0. The van der Waals surface area contributed by atoms with E-state index >= 15 is 0 Å². The number of hydroxylamine groups is 1. The molecule has 0 aromatic rings. The molecule has 0 bridgehead atoms. The van der Waals surface area contributed by atoms with E-state index in [0.717, 1.165) is 7.05 Å². The van der Waals surface area contributed by atoms with Crippen molar-refractivity contribution in [1.29, 1.82) is 0 Å². The summed E-state index contributed by atoms with van der Waals surface area (Å²) in [5, 5.41) is 0. The summed E-state index contributed by atoms with van der Waals surface area (Å²) in [6.45, 7) is 0. The summed E-state index contributed by atoms with van der Waals surface area (Å²) in [5.41, 5.74) is 2.65. The van der Waals surface area contributed by atoms with Gasteiger partial charge in [-0.15, -0.1) is 7.05 Å².